The first-order valence-electron chi connectivity index (χ1n) is 10.8. The van der Waals surface area contributed by atoms with Crippen molar-refractivity contribution < 1.29 is 37.3 Å². The summed E-state index contributed by atoms with van der Waals surface area (Å²) >= 11 is 6.20. The third-order valence-electron chi connectivity index (χ3n) is 7.09. The number of carbonyl (C=O) groups is 1. The quantitative estimate of drug-likeness (QED) is 0.469. The molecule has 0 spiro atoms. The second-order valence-corrected chi connectivity index (χ2v) is 11.5. The number of nitrogens with one attached hydrogen (secondary N) is 1. The van der Waals surface area contributed by atoms with E-state index in [1.54, 1.807) is 0 Å². The fourth-order valence-corrected chi connectivity index (χ4v) is 7.71. The van der Waals surface area contributed by atoms with E-state index in [1.165, 1.54) is 18.2 Å². The molecule has 2 aliphatic carbocycles. The normalized spacial score (nSPS) is 27.4. The van der Waals surface area contributed by atoms with E-state index >= 15 is 0 Å². The number of benzene rings is 2. The molecule has 0 saturated heterocycles. The molecule has 0 aromatic heterocycles. The van der Waals surface area contributed by atoms with Gasteiger partial charge >= 0.3 is 0 Å². The summed E-state index contributed by atoms with van der Waals surface area (Å²) in [6, 6.07) is 6.56. The Bertz CT molecular complexity index is 1210. The Morgan fingerprint density at radius 2 is 1.76 bits per heavy atom. The van der Waals surface area contributed by atoms with Crippen LogP contribution in [0.2, 0.25) is 5.02 Å². The smallest absolute Gasteiger partial charge is 0.255 e. The van der Waals surface area contributed by atoms with E-state index in [0.717, 1.165) is 18.2 Å². The molecule has 2 aromatic carbocycles. The molecule has 0 aliphatic heterocycles. The molecule has 0 heterocycles. The van der Waals surface area contributed by atoms with Gasteiger partial charge in [-0.15, -0.1) is 0 Å². The number of carbonyl (C=O) groups excluding carboxylic acids is 1. The Morgan fingerprint density at radius 1 is 1.12 bits per heavy atom. The van der Waals surface area contributed by atoms with E-state index in [0.29, 0.717) is 12.8 Å². The van der Waals surface area contributed by atoms with Gasteiger partial charge in [0, 0.05) is 17.3 Å². The van der Waals surface area contributed by atoms with Crippen molar-refractivity contribution in [3.05, 3.63) is 58.6 Å². The second kappa shape index (κ2) is 9.16. The SMILES string of the molecule is O=C(Nc1ccc(F)c(F)c1)c1ccc(Cl)c(S(=O)(=O)C2C[C@H]3CC[C@@H](C2)C3(O)[C@@H](O)CO)c1. The number of sulfone groups is 1. The second-order valence-electron chi connectivity index (χ2n) is 8.92. The average Bonchev–Trinajstić information content (AvgIpc) is 2.97. The van der Waals surface area contributed by atoms with Crippen LogP contribution in [0.3, 0.4) is 0 Å². The van der Waals surface area contributed by atoms with Gasteiger partial charge in [-0.25, -0.2) is 17.2 Å². The highest BCUT2D eigenvalue weighted by molar-refractivity contribution is 7.92. The number of anilines is 1. The van der Waals surface area contributed by atoms with Crippen LogP contribution in [-0.4, -0.2) is 53.2 Å². The molecule has 2 aliphatic rings. The number of amides is 1. The lowest BCUT2D eigenvalue weighted by molar-refractivity contribution is -0.154. The minimum Gasteiger partial charge on any atom is -0.394 e. The van der Waals surface area contributed by atoms with Crippen molar-refractivity contribution in [2.45, 2.75) is 47.5 Å². The van der Waals surface area contributed by atoms with Gasteiger partial charge in [0.2, 0.25) is 0 Å². The topological polar surface area (TPSA) is 124 Å². The molecular formula is C23H24ClF2NO6S. The van der Waals surface area contributed by atoms with Gasteiger partial charge in [-0.3, -0.25) is 4.79 Å². The van der Waals surface area contributed by atoms with Gasteiger partial charge in [0.25, 0.3) is 5.91 Å². The number of rotatable bonds is 6. The number of fused-ring (bicyclic) bond motifs is 2. The number of hydrogen-bond donors (Lipinski definition) is 4. The van der Waals surface area contributed by atoms with Crippen LogP contribution >= 0.6 is 11.6 Å². The van der Waals surface area contributed by atoms with Crippen LogP contribution in [0.4, 0.5) is 14.5 Å². The maximum Gasteiger partial charge on any atom is 0.255 e. The number of aliphatic hydroxyl groups is 3. The molecule has 2 unspecified atom stereocenters. The summed E-state index contributed by atoms with van der Waals surface area (Å²) in [5.74, 6) is -3.96. The zero-order valence-corrected chi connectivity index (χ0v) is 19.5. The summed E-state index contributed by atoms with van der Waals surface area (Å²) < 4.78 is 53.5. The van der Waals surface area contributed by atoms with E-state index < -0.39 is 62.8 Å². The van der Waals surface area contributed by atoms with Crippen LogP contribution in [0.25, 0.3) is 0 Å². The molecular weight excluding hydrogens is 492 g/mol. The summed E-state index contributed by atoms with van der Waals surface area (Å²) in [5.41, 5.74) is -1.59. The first-order chi connectivity index (χ1) is 16.0. The van der Waals surface area contributed by atoms with Crippen LogP contribution in [0.15, 0.2) is 41.3 Å². The summed E-state index contributed by atoms with van der Waals surface area (Å²) in [6.07, 6.45) is -0.161. The van der Waals surface area contributed by atoms with Crippen LogP contribution < -0.4 is 5.32 Å². The van der Waals surface area contributed by atoms with E-state index in [-0.39, 0.29) is 34.0 Å². The zero-order valence-electron chi connectivity index (χ0n) is 17.9. The Hall–Kier alpha value is -2.11. The van der Waals surface area contributed by atoms with E-state index in [4.69, 9.17) is 11.6 Å². The standard InChI is InChI=1S/C23H24ClF2NO6S/c24-17-5-1-12(22(30)27-15-4-6-18(25)19(26)10-15)7-20(17)34(32,33)16-8-13-2-3-14(9-16)23(13,31)21(29)11-28/h1,4-7,10,13-14,16,21,28-29,31H,2-3,8-9,11H2,(H,27,30)/t13-,14+,16?,21-,23?/m0/s1. The lowest BCUT2D eigenvalue weighted by atomic mass is 9.71. The van der Waals surface area contributed by atoms with Crippen molar-refractivity contribution >= 4 is 33.0 Å². The highest BCUT2D eigenvalue weighted by atomic mass is 35.5. The van der Waals surface area contributed by atoms with Crippen molar-refractivity contribution in [1.82, 2.24) is 0 Å². The molecule has 184 valence electrons. The number of halogens is 3. The van der Waals surface area contributed by atoms with Gasteiger partial charge in [0.15, 0.2) is 21.5 Å². The van der Waals surface area contributed by atoms with Gasteiger partial charge in [-0.2, -0.15) is 0 Å². The molecule has 0 radical (unpaired) electrons. The lowest BCUT2D eigenvalue weighted by Crippen LogP contribution is -2.56. The molecule has 2 bridgehead atoms. The molecule has 5 atom stereocenters. The van der Waals surface area contributed by atoms with Gasteiger partial charge in [0.05, 0.1) is 27.4 Å². The summed E-state index contributed by atoms with van der Waals surface area (Å²) in [7, 11) is -4.02. The average molecular weight is 516 g/mol. The molecule has 11 heteroatoms. The molecule has 2 fully saturated rings. The predicted molar refractivity (Wildman–Crippen MR) is 120 cm³/mol. The van der Waals surface area contributed by atoms with Crippen molar-refractivity contribution in [2.75, 3.05) is 11.9 Å². The highest BCUT2D eigenvalue weighted by Crippen LogP contribution is 2.53. The fourth-order valence-electron chi connectivity index (χ4n) is 5.31. The highest BCUT2D eigenvalue weighted by Gasteiger charge is 2.58. The lowest BCUT2D eigenvalue weighted by Gasteiger charge is -2.44. The molecule has 4 N–H and O–H groups in total. The third-order valence-corrected chi connectivity index (χ3v) is 9.74. The Kier molecular flexibility index (Phi) is 6.73. The maximum absolute atomic E-state index is 13.5. The summed E-state index contributed by atoms with van der Waals surface area (Å²) in [6.45, 7) is -0.623. The van der Waals surface area contributed by atoms with Crippen LogP contribution in [0.5, 0.6) is 0 Å². The third kappa shape index (κ3) is 4.22. The van der Waals surface area contributed by atoms with Gasteiger partial charge in [-0.05, 0) is 67.9 Å². The summed E-state index contributed by atoms with van der Waals surface area (Å²) in [5, 5.41) is 31.9. The maximum atomic E-state index is 13.5. The summed E-state index contributed by atoms with van der Waals surface area (Å²) in [4.78, 5) is 12.4. The van der Waals surface area contributed by atoms with Crippen molar-refractivity contribution in [3.63, 3.8) is 0 Å². The molecule has 2 saturated carbocycles. The van der Waals surface area contributed by atoms with Gasteiger partial charge in [0.1, 0.15) is 6.10 Å². The van der Waals surface area contributed by atoms with Crippen LogP contribution in [0, 0.1) is 23.5 Å². The zero-order chi connectivity index (χ0) is 24.8. The first kappa shape index (κ1) is 25.0. The van der Waals surface area contributed by atoms with Crippen molar-refractivity contribution in [3.8, 4) is 0 Å². The van der Waals surface area contributed by atoms with Crippen molar-refractivity contribution in [2.24, 2.45) is 11.8 Å². The minimum atomic E-state index is -4.02. The molecule has 2 aromatic rings. The molecule has 4 rings (SSSR count). The van der Waals surface area contributed by atoms with E-state index in [9.17, 15) is 37.3 Å². The van der Waals surface area contributed by atoms with Crippen molar-refractivity contribution in [1.29, 1.82) is 0 Å². The molecule has 7 nitrogen and oxygen atoms in total. The Labute approximate surface area is 200 Å². The van der Waals surface area contributed by atoms with E-state index in [2.05, 4.69) is 5.32 Å². The first-order valence-corrected chi connectivity index (χ1v) is 12.7. The molecule has 34 heavy (non-hydrogen) atoms. The van der Waals surface area contributed by atoms with Crippen LogP contribution in [-0.2, 0) is 9.84 Å². The largest absolute Gasteiger partial charge is 0.394 e. The number of aliphatic hydroxyl groups excluding tert-OH is 2. The Balaban J connectivity index is 1.59. The van der Waals surface area contributed by atoms with Crippen LogP contribution in [0.1, 0.15) is 36.0 Å². The fraction of sp³-hybridized carbons (Fsp3) is 0.435. The monoisotopic (exact) mass is 515 g/mol. The van der Waals surface area contributed by atoms with Gasteiger partial charge < -0.3 is 20.6 Å². The van der Waals surface area contributed by atoms with Gasteiger partial charge in [-0.1, -0.05) is 11.6 Å². The number of hydrogen-bond acceptors (Lipinski definition) is 6. The predicted octanol–water partition coefficient (Wildman–Crippen LogP) is 2.92. The molecule has 1 amide bonds. The minimum absolute atomic E-state index is 0.00570. The van der Waals surface area contributed by atoms with E-state index in [1.807, 2.05) is 0 Å². The Morgan fingerprint density at radius 3 is 2.35 bits per heavy atom.